The highest BCUT2D eigenvalue weighted by Crippen LogP contribution is 2.33. The van der Waals surface area contributed by atoms with Crippen LogP contribution in [0.1, 0.15) is 47.5 Å². The molecular formula is C15H25NO3. The average molecular weight is 267 g/mol. The largest absolute Gasteiger partial charge is 0.444 e. The van der Waals surface area contributed by atoms with E-state index in [1.807, 2.05) is 34.6 Å². The molecule has 0 aromatic rings. The molecule has 19 heavy (non-hydrogen) atoms. The molecule has 0 radical (unpaired) electrons. The molecule has 4 nitrogen and oxygen atoms in total. The molecule has 2 aliphatic rings. The van der Waals surface area contributed by atoms with Gasteiger partial charge in [0, 0.05) is 0 Å². The van der Waals surface area contributed by atoms with Gasteiger partial charge in [-0.2, -0.15) is 0 Å². The van der Waals surface area contributed by atoms with Crippen LogP contribution in [0.4, 0.5) is 4.79 Å². The highest BCUT2D eigenvalue weighted by atomic mass is 16.6. The molecule has 0 aromatic carbocycles. The third kappa shape index (κ3) is 3.72. The quantitative estimate of drug-likeness (QED) is 0.720. The van der Waals surface area contributed by atoms with Gasteiger partial charge in [0.15, 0.2) is 0 Å². The number of carbonyl (C=O) groups excluding carboxylic acids is 1. The lowest BCUT2D eigenvalue weighted by molar-refractivity contribution is -0.0610. The van der Waals surface area contributed by atoms with E-state index < -0.39 is 11.3 Å². The summed E-state index contributed by atoms with van der Waals surface area (Å²) < 4.78 is 11.2. The SMILES string of the molecule is CC(C)(C)OC(=O)N1[C@@H](/C=C/C2CC2)COC1(C)C. The van der Waals surface area contributed by atoms with Gasteiger partial charge in [-0.25, -0.2) is 4.79 Å². The van der Waals surface area contributed by atoms with Crippen molar-refractivity contribution in [2.24, 2.45) is 5.92 Å². The Morgan fingerprint density at radius 1 is 1.32 bits per heavy atom. The summed E-state index contributed by atoms with van der Waals surface area (Å²) in [6.07, 6.45) is 6.52. The topological polar surface area (TPSA) is 38.8 Å². The minimum atomic E-state index is -0.610. The van der Waals surface area contributed by atoms with Crippen molar-refractivity contribution in [2.45, 2.75) is 64.8 Å². The zero-order valence-corrected chi connectivity index (χ0v) is 12.6. The van der Waals surface area contributed by atoms with Crippen LogP contribution in [0.5, 0.6) is 0 Å². The van der Waals surface area contributed by atoms with E-state index in [0.717, 1.165) is 0 Å². The molecule has 4 heteroatoms. The third-order valence-corrected chi connectivity index (χ3v) is 3.34. The Hall–Kier alpha value is -1.03. The number of rotatable bonds is 2. The van der Waals surface area contributed by atoms with Gasteiger partial charge in [-0.1, -0.05) is 12.2 Å². The van der Waals surface area contributed by atoms with E-state index in [1.165, 1.54) is 12.8 Å². The minimum Gasteiger partial charge on any atom is -0.444 e. The molecule has 108 valence electrons. The van der Waals surface area contributed by atoms with Crippen molar-refractivity contribution in [2.75, 3.05) is 6.61 Å². The number of amides is 1. The lowest BCUT2D eigenvalue weighted by Crippen LogP contribution is -2.49. The smallest absolute Gasteiger partial charge is 0.413 e. The van der Waals surface area contributed by atoms with Crippen LogP contribution in [0.25, 0.3) is 0 Å². The fourth-order valence-corrected chi connectivity index (χ4v) is 2.21. The summed E-state index contributed by atoms with van der Waals surface area (Å²) in [6.45, 7) is 9.98. The highest BCUT2D eigenvalue weighted by Gasteiger charge is 2.44. The van der Waals surface area contributed by atoms with Crippen LogP contribution >= 0.6 is 0 Å². The van der Waals surface area contributed by atoms with Gasteiger partial charge in [0.25, 0.3) is 0 Å². The normalized spacial score (nSPS) is 27.0. The van der Waals surface area contributed by atoms with Crippen LogP contribution < -0.4 is 0 Å². The van der Waals surface area contributed by atoms with Crippen molar-refractivity contribution >= 4 is 6.09 Å². The predicted molar refractivity (Wildman–Crippen MR) is 73.8 cm³/mol. The zero-order chi connectivity index (χ0) is 14.3. The fourth-order valence-electron chi connectivity index (χ4n) is 2.21. The number of hydrogen-bond donors (Lipinski definition) is 0. The van der Waals surface area contributed by atoms with Crippen LogP contribution in [-0.4, -0.2) is 35.0 Å². The molecule has 1 amide bonds. The monoisotopic (exact) mass is 267 g/mol. The first-order chi connectivity index (χ1) is 8.69. The van der Waals surface area contributed by atoms with Crippen LogP contribution in [0.2, 0.25) is 0 Å². The van der Waals surface area contributed by atoms with Crippen molar-refractivity contribution in [3.05, 3.63) is 12.2 Å². The third-order valence-electron chi connectivity index (χ3n) is 3.34. The maximum Gasteiger partial charge on any atom is 0.413 e. The Balaban J connectivity index is 2.08. The first-order valence-electron chi connectivity index (χ1n) is 7.04. The Bertz CT molecular complexity index is 377. The predicted octanol–water partition coefficient (Wildman–Crippen LogP) is 3.32. The molecule has 0 aromatic heterocycles. The summed E-state index contributed by atoms with van der Waals surface area (Å²) in [7, 11) is 0. The molecule has 0 unspecified atom stereocenters. The van der Waals surface area contributed by atoms with Crippen LogP contribution in [0.3, 0.4) is 0 Å². The van der Waals surface area contributed by atoms with Gasteiger partial charge in [0.05, 0.1) is 12.6 Å². The second-order valence-electron chi connectivity index (χ2n) is 6.90. The van der Waals surface area contributed by atoms with Gasteiger partial charge in [-0.05, 0) is 53.4 Å². The lowest BCUT2D eigenvalue weighted by Gasteiger charge is -2.34. The molecule has 0 bridgehead atoms. The first kappa shape index (κ1) is 14.4. The van der Waals surface area contributed by atoms with E-state index in [9.17, 15) is 4.79 Å². The molecule has 1 heterocycles. The van der Waals surface area contributed by atoms with Gasteiger partial charge in [0.1, 0.15) is 11.3 Å². The van der Waals surface area contributed by atoms with Crippen molar-refractivity contribution in [1.82, 2.24) is 4.90 Å². The number of ether oxygens (including phenoxy) is 2. The molecule has 0 N–H and O–H groups in total. The molecule has 0 spiro atoms. The van der Waals surface area contributed by atoms with Gasteiger partial charge in [-0.15, -0.1) is 0 Å². The van der Waals surface area contributed by atoms with Gasteiger partial charge in [0.2, 0.25) is 0 Å². The minimum absolute atomic E-state index is 0.0227. The Morgan fingerprint density at radius 2 is 1.95 bits per heavy atom. The number of allylic oxidation sites excluding steroid dienone is 1. The summed E-state index contributed by atoms with van der Waals surface area (Å²) in [5.41, 5.74) is -1.10. The summed E-state index contributed by atoms with van der Waals surface area (Å²) >= 11 is 0. The van der Waals surface area contributed by atoms with Gasteiger partial charge in [-0.3, -0.25) is 4.90 Å². The van der Waals surface area contributed by atoms with E-state index in [4.69, 9.17) is 9.47 Å². The van der Waals surface area contributed by atoms with E-state index in [1.54, 1.807) is 4.90 Å². The van der Waals surface area contributed by atoms with Gasteiger partial charge >= 0.3 is 6.09 Å². The standard InChI is InChI=1S/C15H25NO3/c1-14(2,3)19-13(17)16-12(9-8-11-6-7-11)10-18-15(16,4)5/h8-9,11-12H,6-7,10H2,1-5H3/b9-8+/t12-/m0/s1. The van der Waals surface area contributed by atoms with E-state index in [2.05, 4.69) is 12.2 Å². The second-order valence-corrected chi connectivity index (χ2v) is 6.90. The summed E-state index contributed by atoms with van der Waals surface area (Å²) in [4.78, 5) is 14.0. The molecule has 1 aliphatic carbocycles. The molecule has 2 rings (SSSR count). The average Bonchev–Trinajstić information content (AvgIpc) is 2.98. The van der Waals surface area contributed by atoms with E-state index in [-0.39, 0.29) is 12.1 Å². The fraction of sp³-hybridized carbons (Fsp3) is 0.800. The molecule has 1 saturated carbocycles. The van der Waals surface area contributed by atoms with E-state index in [0.29, 0.717) is 12.5 Å². The Kier molecular flexibility index (Phi) is 3.65. The summed E-state index contributed by atoms with van der Waals surface area (Å²) in [5.74, 6) is 0.698. The van der Waals surface area contributed by atoms with Crippen molar-refractivity contribution in [3.8, 4) is 0 Å². The molecule has 1 saturated heterocycles. The number of carbonyl (C=O) groups is 1. The molecule has 1 aliphatic heterocycles. The molecule has 1 atom stereocenters. The first-order valence-corrected chi connectivity index (χ1v) is 7.04. The van der Waals surface area contributed by atoms with Crippen molar-refractivity contribution < 1.29 is 14.3 Å². The summed E-state index contributed by atoms with van der Waals surface area (Å²) in [5, 5.41) is 0. The summed E-state index contributed by atoms with van der Waals surface area (Å²) in [6, 6.07) is -0.0227. The number of nitrogens with zero attached hydrogens (tertiary/aromatic N) is 1. The van der Waals surface area contributed by atoms with Crippen LogP contribution in [0, 0.1) is 5.92 Å². The highest BCUT2D eigenvalue weighted by molar-refractivity contribution is 5.70. The van der Waals surface area contributed by atoms with Gasteiger partial charge < -0.3 is 9.47 Å². The Labute approximate surface area is 115 Å². The lowest BCUT2D eigenvalue weighted by atomic mass is 10.2. The Morgan fingerprint density at radius 3 is 2.47 bits per heavy atom. The van der Waals surface area contributed by atoms with Crippen molar-refractivity contribution in [3.63, 3.8) is 0 Å². The second kappa shape index (κ2) is 4.82. The maximum atomic E-state index is 12.3. The molecular weight excluding hydrogens is 242 g/mol. The zero-order valence-electron chi connectivity index (χ0n) is 12.6. The molecule has 2 fully saturated rings. The van der Waals surface area contributed by atoms with Crippen LogP contribution in [-0.2, 0) is 9.47 Å². The number of hydrogen-bond acceptors (Lipinski definition) is 3. The van der Waals surface area contributed by atoms with Crippen molar-refractivity contribution in [1.29, 1.82) is 0 Å². The maximum absolute atomic E-state index is 12.3. The van der Waals surface area contributed by atoms with Crippen LogP contribution in [0.15, 0.2) is 12.2 Å². The van der Waals surface area contributed by atoms with E-state index >= 15 is 0 Å².